The highest BCUT2D eigenvalue weighted by Crippen LogP contribution is 2.32. The summed E-state index contributed by atoms with van der Waals surface area (Å²) in [6.07, 6.45) is 4.89. The van der Waals surface area contributed by atoms with Crippen LogP contribution in [-0.4, -0.2) is 23.5 Å². The van der Waals surface area contributed by atoms with Crippen molar-refractivity contribution in [2.24, 2.45) is 0 Å². The number of Topliss-reactive ketones (excluding diaryl/α,β-unsaturated/α-hetero) is 1. The quantitative estimate of drug-likeness (QED) is 0.625. The molecule has 4 heteroatoms. The molecular weight excluding hydrogens is 328 g/mol. The van der Waals surface area contributed by atoms with Crippen molar-refractivity contribution in [1.29, 1.82) is 0 Å². The fraction of sp³-hybridized carbons (Fsp3) is 0.364. The molecule has 2 aromatic carbocycles. The minimum Gasteiger partial charge on any atom is -0.455 e. The molecule has 26 heavy (non-hydrogen) atoms. The number of benzene rings is 2. The Hall–Kier alpha value is -2.46. The molecule has 0 radical (unpaired) electrons. The molecule has 3 rings (SSSR count). The van der Waals surface area contributed by atoms with Crippen molar-refractivity contribution in [3.63, 3.8) is 0 Å². The van der Waals surface area contributed by atoms with Crippen LogP contribution in [0.5, 0.6) is 0 Å². The predicted molar refractivity (Wildman–Crippen MR) is 99.0 cm³/mol. The second-order valence-electron chi connectivity index (χ2n) is 6.80. The van der Waals surface area contributed by atoms with Gasteiger partial charge < -0.3 is 9.84 Å². The normalized spacial score (nSPS) is 16.0. The van der Waals surface area contributed by atoms with E-state index in [0.29, 0.717) is 17.0 Å². The van der Waals surface area contributed by atoms with Crippen LogP contribution in [0.25, 0.3) is 0 Å². The third-order valence-corrected chi connectivity index (χ3v) is 4.99. The fourth-order valence-electron chi connectivity index (χ4n) is 3.45. The average Bonchev–Trinajstić information content (AvgIpc) is 2.72. The number of aliphatic hydroxyl groups is 1. The van der Waals surface area contributed by atoms with Crippen LogP contribution in [0.1, 0.15) is 65.6 Å². The van der Waals surface area contributed by atoms with Gasteiger partial charge in [0.15, 0.2) is 18.5 Å². The lowest BCUT2D eigenvalue weighted by Gasteiger charge is -2.22. The number of ether oxygens (including phenoxy) is 1. The predicted octanol–water partition coefficient (Wildman–Crippen LogP) is 4.19. The molecular formula is C22H24O4. The summed E-state index contributed by atoms with van der Waals surface area (Å²) in [5.41, 5.74) is 2.24. The van der Waals surface area contributed by atoms with Gasteiger partial charge in [0.1, 0.15) is 0 Å². The number of aliphatic hydroxyl groups excluding tert-OH is 1. The van der Waals surface area contributed by atoms with Gasteiger partial charge in [-0.15, -0.1) is 0 Å². The highest BCUT2D eigenvalue weighted by Gasteiger charge is 2.20. The second kappa shape index (κ2) is 8.77. The highest BCUT2D eigenvalue weighted by molar-refractivity contribution is 5.98. The van der Waals surface area contributed by atoms with Gasteiger partial charge in [-0.25, -0.2) is 4.79 Å². The highest BCUT2D eigenvalue weighted by atomic mass is 16.5. The zero-order valence-electron chi connectivity index (χ0n) is 14.8. The SMILES string of the molecule is O=C(COC(=O)C(O)c1ccccc1)c1ccc(C2CCCCC2)cc1. The fourth-order valence-corrected chi connectivity index (χ4v) is 3.45. The van der Waals surface area contributed by atoms with Gasteiger partial charge in [-0.1, -0.05) is 73.9 Å². The van der Waals surface area contributed by atoms with Gasteiger partial charge in [0.25, 0.3) is 0 Å². The molecule has 1 aliphatic carbocycles. The van der Waals surface area contributed by atoms with E-state index in [1.165, 1.54) is 37.7 Å². The molecule has 1 saturated carbocycles. The van der Waals surface area contributed by atoms with Crippen molar-refractivity contribution >= 4 is 11.8 Å². The third-order valence-electron chi connectivity index (χ3n) is 4.99. The number of carbonyl (C=O) groups is 2. The van der Waals surface area contributed by atoms with Gasteiger partial charge in [0, 0.05) is 5.56 Å². The summed E-state index contributed by atoms with van der Waals surface area (Å²) in [6.45, 7) is -0.370. The van der Waals surface area contributed by atoms with Crippen molar-refractivity contribution in [2.75, 3.05) is 6.61 Å². The molecule has 0 spiro atoms. The first kappa shape index (κ1) is 18.3. The van der Waals surface area contributed by atoms with Crippen LogP contribution in [0.3, 0.4) is 0 Å². The monoisotopic (exact) mass is 352 g/mol. The van der Waals surface area contributed by atoms with E-state index >= 15 is 0 Å². The van der Waals surface area contributed by atoms with E-state index in [-0.39, 0.29) is 12.4 Å². The maximum atomic E-state index is 12.2. The van der Waals surface area contributed by atoms with E-state index in [0.717, 1.165) is 0 Å². The van der Waals surface area contributed by atoms with Gasteiger partial charge >= 0.3 is 5.97 Å². The summed E-state index contributed by atoms with van der Waals surface area (Å²) < 4.78 is 4.98. The Balaban J connectivity index is 1.53. The van der Waals surface area contributed by atoms with Crippen LogP contribution in [0.4, 0.5) is 0 Å². The van der Waals surface area contributed by atoms with Crippen molar-refractivity contribution in [3.05, 3.63) is 71.3 Å². The Labute approximate surface area is 153 Å². The molecule has 0 bridgehead atoms. The number of esters is 1. The lowest BCUT2D eigenvalue weighted by molar-refractivity contribution is -0.152. The van der Waals surface area contributed by atoms with Crippen molar-refractivity contribution in [1.82, 2.24) is 0 Å². The molecule has 136 valence electrons. The van der Waals surface area contributed by atoms with E-state index in [4.69, 9.17) is 4.74 Å². The largest absolute Gasteiger partial charge is 0.455 e. The molecule has 2 aromatic rings. The smallest absolute Gasteiger partial charge is 0.340 e. The molecule has 0 heterocycles. The van der Waals surface area contributed by atoms with Crippen LogP contribution in [0, 0.1) is 0 Å². The van der Waals surface area contributed by atoms with E-state index in [1.54, 1.807) is 42.5 Å². The van der Waals surface area contributed by atoms with Crippen LogP contribution in [0.2, 0.25) is 0 Å². The van der Waals surface area contributed by atoms with E-state index in [2.05, 4.69) is 0 Å². The minimum atomic E-state index is -1.38. The van der Waals surface area contributed by atoms with Crippen molar-refractivity contribution in [3.8, 4) is 0 Å². The summed E-state index contributed by atoms with van der Waals surface area (Å²) in [4.78, 5) is 24.2. The second-order valence-corrected chi connectivity index (χ2v) is 6.80. The summed E-state index contributed by atoms with van der Waals surface area (Å²) in [5, 5.41) is 9.97. The maximum Gasteiger partial charge on any atom is 0.340 e. The minimum absolute atomic E-state index is 0.270. The van der Waals surface area contributed by atoms with Crippen LogP contribution < -0.4 is 0 Å². The zero-order valence-corrected chi connectivity index (χ0v) is 14.8. The Morgan fingerprint density at radius 2 is 1.62 bits per heavy atom. The Morgan fingerprint density at radius 3 is 2.27 bits per heavy atom. The van der Waals surface area contributed by atoms with Crippen LogP contribution in [0.15, 0.2) is 54.6 Å². The lowest BCUT2D eigenvalue weighted by atomic mass is 9.84. The van der Waals surface area contributed by atoms with E-state index in [9.17, 15) is 14.7 Å². The Morgan fingerprint density at radius 1 is 0.962 bits per heavy atom. The van der Waals surface area contributed by atoms with Gasteiger partial charge in [0.05, 0.1) is 0 Å². The number of ketones is 1. The standard InChI is InChI=1S/C22H24O4/c23-20(15-26-22(25)21(24)19-9-5-2-6-10-19)18-13-11-17(12-14-18)16-7-3-1-4-8-16/h2,5-6,9-14,16,21,24H,1,3-4,7-8,15H2. The van der Waals surface area contributed by atoms with Gasteiger partial charge in [0.2, 0.25) is 0 Å². The topological polar surface area (TPSA) is 63.6 Å². The molecule has 0 aromatic heterocycles. The number of carbonyl (C=O) groups excluding carboxylic acids is 2. The number of rotatable bonds is 6. The molecule has 1 unspecified atom stereocenters. The number of hydrogen-bond donors (Lipinski definition) is 1. The van der Waals surface area contributed by atoms with Crippen LogP contribution in [-0.2, 0) is 9.53 Å². The van der Waals surface area contributed by atoms with Crippen molar-refractivity contribution < 1.29 is 19.4 Å². The van der Waals surface area contributed by atoms with Gasteiger partial charge in [-0.05, 0) is 29.9 Å². The first-order valence-corrected chi connectivity index (χ1v) is 9.18. The van der Waals surface area contributed by atoms with E-state index < -0.39 is 12.1 Å². The van der Waals surface area contributed by atoms with Crippen molar-refractivity contribution in [2.45, 2.75) is 44.1 Å². The summed E-state index contributed by atoms with van der Waals surface area (Å²) in [6, 6.07) is 16.1. The molecule has 1 N–H and O–H groups in total. The third kappa shape index (κ3) is 4.58. The van der Waals surface area contributed by atoms with Crippen LogP contribution >= 0.6 is 0 Å². The molecule has 4 nitrogen and oxygen atoms in total. The molecule has 0 aliphatic heterocycles. The maximum absolute atomic E-state index is 12.2. The average molecular weight is 352 g/mol. The number of hydrogen-bond acceptors (Lipinski definition) is 4. The van der Waals surface area contributed by atoms with E-state index in [1.807, 2.05) is 12.1 Å². The zero-order chi connectivity index (χ0) is 18.4. The summed E-state index contributed by atoms with van der Waals surface area (Å²) in [7, 11) is 0. The lowest BCUT2D eigenvalue weighted by Crippen LogP contribution is -2.20. The Bertz CT molecular complexity index is 730. The molecule has 0 saturated heterocycles. The summed E-state index contributed by atoms with van der Waals surface area (Å²) >= 11 is 0. The molecule has 1 atom stereocenters. The first-order chi connectivity index (χ1) is 12.6. The molecule has 0 amide bonds. The summed E-state index contributed by atoms with van der Waals surface area (Å²) in [5.74, 6) is -0.496. The van der Waals surface area contributed by atoms with Gasteiger partial charge in [-0.2, -0.15) is 0 Å². The Kier molecular flexibility index (Phi) is 6.18. The molecule has 1 fully saturated rings. The van der Waals surface area contributed by atoms with Gasteiger partial charge in [-0.3, -0.25) is 4.79 Å². The first-order valence-electron chi connectivity index (χ1n) is 9.18. The molecule has 1 aliphatic rings.